The average Bonchev–Trinajstić information content (AvgIpc) is 2.41. The molecule has 1 N–H and O–H groups in total. The summed E-state index contributed by atoms with van der Waals surface area (Å²) in [5, 5.41) is 10.0. The predicted molar refractivity (Wildman–Crippen MR) is 57.4 cm³/mol. The van der Waals surface area contributed by atoms with Gasteiger partial charge in [-0.1, -0.05) is 0 Å². The van der Waals surface area contributed by atoms with Gasteiger partial charge in [0.1, 0.15) is 5.39 Å². The number of aromatic amines is 1. The summed E-state index contributed by atoms with van der Waals surface area (Å²) in [6.45, 7) is 0. The van der Waals surface area contributed by atoms with Crippen molar-refractivity contribution in [1.29, 1.82) is 0 Å². The lowest BCUT2D eigenvalue weighted by molar-refractivity contribution is -0.386. The molecule has 0 saturated heterocycles. The fourth-order valence-corrected chi connectivity index (χ4v) is 1.54. The fourth-order valence-electron chi connectivity index (χ4n) is 1.54. The van der Waals surface area contributed by atoms with Gasteiger partial charge in [0.25, 0.3) is 0 Å². The monoisotopic (exact) mass is 254 g/mol. The summed E-state index contributed by atoms with van der Waals surface area (Å²) >= 11 is 0. The Morgan fingerprint density at radius 3 is 2.50 bits per heavy atom. The molecule has 2 aromatic rings. The number of fused-ring (bicyclic) bond motifs is 1. The number of nitrogens with one attached hydrogen (secondary N) is 1. The van der Waals surface area contributed by atoms with Crippen molar-refractivity contribution in [2.24, 2.45) is 0 Å². The van der Waals surface area contributed by atoms with E-state index in [1.54, 1.807) is 0 Å². The lowest BCUT2D eigenvalue weighted by atomic mass is 10.2. The molecular weight excluding hydrogens is 250 g/mol. The number of hydrogen-bond acceptors (Lipinski definition) is 4. The number of nitrogens with zero attached hydrogens (tertiary/aromatic N) is 1. The smallest absolute Gasteiger partial charge is 0.321 e. The normalized spacial score (nSPS) is 10.6. The van der Waals surface area contributed by atoms with Crippen molar-refractivity contribution in [3.63, 3.8) is 0 Å². The topological polar surface area (TPSA) is 93.1 Å². The Balaban J connectivity index is 3.21. The van der Waals surface area contributed by atoms with Crippen LogP contribution in [0.5, 0.6) is 0 Å². The first-order valence-electron chi connectivity index (χ1n) is 4.61. The summed E-state index contributed by atoms with van der Waals surface area (Å²) in [7, 11) is 0. The van der Waals surface area contributed by atoms with Gasteiger partial charge >= 0.3 is 5.69 Å². The van der Waals surface area contributed by atoms with Crippen LogP contribution in [-0.2, 0) is 0 Å². The van der Waals surface area contributed by atoms with E-state index in [9.17, 15) is 28.5 Å². The highest BCUT2D eigenvalue weighted by atomic mass is 19.2. The lowest BCUT2D eigenvalue weighted by Crippen LogP contribution is -2.05. The molecule has 0 bridgehead atoms. The number of hydrogen-bond donors (Lipinski definition) is 1. The third-order valence-electron chi connectivity index (χ3n) is 2.27. The Morgan fingerprint density at radius 1 is 1.22 bits per heavy atom. The van der Waals surface area contributed by atoms with Gasteiger partial charge in [0.2, 0.25) is 11.4 Å². The van der Waals surface area contributed by atoms with Crippen LogP contribution in [0.1, 0.15) is 0 Å². The number of halogens is 2. The minimum absolute atomic E-state index is 0.430. The van der Waals surface area contributed by atoms with Gasteiger partial charge in [-0.05, 0) is 6.07 Å². The van der Waals surface area contributed by atoms with Crippen molar-refractivity contribution in [3.05, 3.63) is 60.5 Å². The first kappa shape index (κ1) is 11.8. The fraction of sp³-hybridized carbons (Fsp3) is 0. The number of H-pyrrole nitrogens is 1. The van der Waals surface area contributed by atoms with Crippen LogP contribution in [0.2, 0.25) is 0 Å². The maximum absolute atomic E-state index is 13.3. The van der Waals surface area contributed by atoms with Crippen LogP contribution >= 0.6 is 0 Å². The lowest BCUT2D eigenvalue weighted by Gasteiger charge is -1.98. The van der Waals surface area contributed by atoms with E-state index in [-0.39, 0.29) is 0 Å². The first-order valence-corrected chi connectivity index (χ1v) is 4.61. The molecule has 92 valence electrons. The molecule has 0 amide bonds. The minimum atomic E-state index is -1.74. The van der Waals surface area contributed by atoms with Gasteiger partial charge in [0, 0.05) is 12.1 Å². The van der Waals surface area contributed by atoms with Crippen LogP contribution in [0.25, 0.3) is 10.9 Å². The van der Waals surface area contributed by atoms with Crippen molar-refractivity contribution in [2.45, 2.75) is 0 Å². The first-order chi connectivity index (χ1) is 8.41. The van der Waals surface area contributed by atoms with Crippen molar-refractivity contribution >= 4 is 16.6 Å². The number of benzene rings is 1. The number of nitro benzene ring substituents is 1. The van der Waals surface area contributed by atoms with Crippen LogP contribution in [0.15, 0.2) is 27.8 Å². The van der Waals surface area contributed by atoms with E-state index in [1.807, 2.05) is 0 Å². The number of nitro groups is 1. The average molecular weight is 254 g/mol. The summed E-state index contributed by atoms with van der Waals surface area (Å²) in [6.07, 6.45) is 0. The van der Waals surface area contributed by atoms with E-state index in [2.05, 4.69) is 4.98 Å². The third-order valence-corrected chi connectivity index (χ3v) is 2.27. The van der Waals surface area contributed by atoms with Gasteiger partial charge in [-0.3, -0.25) is 19.7 Å². The zero-order valence-corrected chi connectivity index (χ0v) is 8.57. The van der Waals surface area contributed by atoms with E-state index in [1.165, 1.54) is 0 Å². The van der Waals surface area contributed by atoms with Gasteiger partial charge in [-0.2, -0.15) is 4.39 Å². The highest BCUT2D eigenvalue weighted by Crippen LogP contribution is 2.26. The highest BCUT2D eigenvalue weighted by Gasteiger charge is 2.25. The van der Waals surface area contributed by atoms with Crippen molar-refractivity contribution in [1.82, 2.24) is 4.98 Å². The molecule has 1 aromatic heterocycles. The molecule has 0 radical (unpaired) electrons. The van der Waals surface area contributed by atoms with Gasteiger partial charge in [0.05, 0.1) is 10.4 Å². The molecule has 2 rings (SSSR count). The Bertz CT molecular complexity index is 785. The van der Waals surface area contributed by atoms with Crippen LogP contribution < -0.4 is 11.0 Å². The quantitative estimate of drug-likeness (QED) is 0.608. The summed E-state index contributed by atoms with van der Waals surface area (Å²) in [4.78, 5) is 34.2. The standard InChI is InChI=1S/C10H4F2N2O4/c11-4-3-5-8(10(9(4)12)14(17)18)6(15)1-2-7(16)13-5/h1-3H,(H,13,16). The van der Waals surface area contributed by atoms with E-state index >= 15 is 0 Å². The van der Waals surface area contributed by atoms with Crippen LogP contribution in [0.3, 0.4) is 0 Å². The maximum atomic E-state index is 13.3. The molecule has 6 nitrogen and oxygen atoms in total. The predicted octanol–water partition coefficient (Wildman–Crippen LogP) is 1.07. The third kappa shape index (κ3) is 1.73. The second kappa shape index (κ2) is 3.99. The molecule has 0 atom stereocenters. The van der Waals surface area contributed by atoms with E-state index in [0.29, 0.717) is 6.07 Å². The molecule has 0 fully saturated rings. The second-order valence-corrected chi connectivity index (χ2v) is 3.39. The molecule has 0 aliphatic rings. The zero-order chi connectivity index (χ0) is 13.4. The summed E-state index contributed by atoms with van der Waals surface area (Å²) in [5.74, 6) is -3.26. The van der Waals surface area contributed by atoms with Crippen molar-refractivity contribution in [3.8, 4) is 0 Å². The minimum Gasteiger partial charge on any atom is -0.321 e. The molecule has 0 saturated carbocycles. The molecule has 8 heteroatoms. The number of rotatable bonds is 1. The van der Waals surface area contributed by atoms with Crippen LogP contribution in [-0.4, -0.2) is 9.91 Å². The number of aromatic nitrogens is 1. The largest absolute Gasteiger partial charge is 0.321 e. The van der Waals surface area contributed by atoms with Crippen LogP contribution in [0.4, 0.5) is 14.5 Å². The second-order valence-electron chi connectivity index (χ2n) is 3.39. The summed E-state index contributed by atoms with van der Waals surface area (Å²) in [5.41, 5.74) is -3.43. The van der Waals surface area contributed by atoms with Gasteiger partial charge in [0.15, 0.2) is 11.2 Å². The Hall–Kier alpha value is -2.64. The van der Waals surface area contributed by atoms with E-state index in [4.69, 9.17) is 0 Å². The Kier molecular flexibility index (Phi) is 2.62. The molecule has 18 heavy (non-hydrogen) atoms. The van der Waals surface area contributed by atoms with Crippen molar-refractivity contribution < 1.29 is 13.7 Å². The molecule has 0 spiro atoms. The summed E-state index contributed by atoms with van der Waals surface area (Å²) < 4.78 is 26.5. The van der Waals surface area contributed by atoms with Crippen molar-refractivity contribution in [2.75, 3.05) is 0 Å². The summed E-state index contributed by atoms with van der Waals surface area (Å²) in [6, 6.07) is 2.11. The molecular formula is C10H4F2N2O4. The van der Waals surface area contributed by atoms with E-state index < -0.39 is 44.1 Å². The highest BCUT2D eigenvalue weighted by molar-refractivity contribution is 5.87. The van der Waals surface area contributed by atoms with Gasteiger partial charge in [-0.15, -0.1) is 0 Å². The SMILES string of the molecule is O=c1ccc(=O)c2c([N+](=O)[O-])c(F)c(F)cc2[nH]1. The Labute approximate surface area is 96.7 Å². The molecule has 1 heterocycles. The van der Waals surface area contributed by atoms with Gasteiger partial charge in [-0.25, -0.2) is 4.39 Å². The molecule has 0 aliphatic heterocycles. The van der Waals surface area contributed by atoms with Crippen LogP contribution in [0, 0.1) is 21.7 Å². The maximum Gasteiger partial charge on any atom is 0.321 e. The zero-order valence-electron chi connectivity index (χ0n) is 8.57. The molecule has 0 unspecified atom stereocenters. The van der Waals surface area contributed by atoms with E-state index in [0.717, 1.165) is 12.1 Å². The molecule has 0 aliphatic carbocycles. The van der Waals surface area contributed by atoms with Gasteiger partial charge < -0.3 is 4.98 Å². The Morgan fingerprint density at radius 2 is 1.89 bits per heavy atom. The molecule has 1 aromatic carbocycles.